The van der Waals surface area contributed by atoms with Crippen LogP contribution in [0.3, 0.4) is 0 Å². The third kappa shape index (κ3) is 3.72. The van der Waals surface area contributed by atoms with Crippen molar-refractivity contribution in [1.82, 2.24) is 5.32 Å². The zero-order valence-corrected chi connectivity index (χ0v) is 14.2. The molecule has 1 aliphatic heterocycles. The quantitative estimate of drug-likeness (QED) is 0.664. The van der Waals surface area contributed by atoms with E-state index >= 15 is 0 Å². The number of rotatable bonds is 5. The van der Waals surface area contributed by atoms with Gasteiger partial charge in [0.25, 0.3) is 0 Å². The van der Waals surface area contributed by atoms with Crippen LogP contribution in [-0.4, -0.2) is 38.1 Å². The first-order valence-corrected chi connectivity index (χ1v) is 7.97. The third-order valence-electron chi connectivity index (χ3n) is 4.56. The summed E-state index contributed by atoms with van der Waals surface area (Å²) in [5, 5.41) is 3.35. The summed E-state index contributed by atoms with van der Waals surface area (Å²) in [6, 6.07) is 7.80. The molecule has 0 spiro atoms. The number of carbonyl (C=O) groups is 2. The van der Waals surface area contributed by atoms with Crippen LogP contribution in [-0.2, 0) is 20.7 Å². The van der Waals surface area contributed by atoms with Crippen molar-refractivity contribution in [1.29, 1.82) is 0 Å². The normalized spacial score (nSPS) is 23.4. The van der Waals surface area contributed by atoms with Crippen LogP contribution in [0.2, 0.25) is 0 Å². The molecule has 0 saturated carbocycles. The molecule has 0 radical (unpaired) electrons. The lowest BCUT2D eigenvalue weighted by Gasteiger charge is -2.41. The Morgan fingerprint density at radius 2 is 1.96 bits per heavy atom. The van der Waals surface area contributed by atoms with Gasteiger partial charge in [-0.25, -0.2) is 0 Å². The number of esters is 1. The van der Waals surface area contributed by atoms with Gasteiger partial charge in [-0.1, -0.05) is 26.0 Å². The predicted molar refractivity (Wildman–Crippen MR) is 87.4 cm³/mol. The van der Waals surface area contributed by atoms with Crippen molar-refractivity contribution in [3.63, 3.8) is 0 Å². The van der Waals surface area contributed by atoms with E-state index in [4.69, 9.17) is 9.47 Å². The van der Waals surface area contributed by atoms with Crippen molar-refractivity contribution in [3.05, 3.63) is 29.8 Å². The summed E-state index contributed by atoms with van der Waals surface area (Å²) >= 11 is 0. The van der Waals surface area contributed by atoms with Gasteiger partial charge in [-0.15, -0.1) is 0 Å². The van der Waals surface area contributed by atoms with E-state index in [2.05, 4.69) is 5.32 Å². The molecule has 1 aromatic carbocycles. The molecule has 0 amide bonds. The Balaban J connectivity index is 2.09. The highest BCUT2D eigenvalue weighted by Gasteiger charge is 2.47. The molecule has 0 aliphatic carbocycles. The number of ether oxygens (including phenoxy) is 2. The first-order valence-electron chi connectivity index (χ1n) is 7.97. The average molecular weight is 319 g/mol. The number of ketones is 1. The summed E-state index contributed by atoms with van der Waals surface area (Å²) in [5.41, 5.74) is 0.494. The van der Waals surface area contributed by atoms with Crippen LogP contribution in [0, 0.1) is 11.3 Å². The zero-order chi connectivity index (χ0) is 17.0. The fourth-order valence-electron chi connectivity index (χ4n) is 2.99. The number of hydrogen-bond acceptors (Lipinski definition) is 5. The van der Waals surface area contributed by atoms with Gasteiger partial charge < -0.3 is 14.8 Å². The maximum Gasteiger partial charge on any atom is 0.317 e. The highest BCUT2D eigenvalue weighted by atomic mass is 16.5. The van der Waals surface area contributed by atoms with Gasteiger partial charge in [-0.05, 0) is 31.0 Å². The van der Waals surface area contributed by atoms with Crippen molar-refractivity contribution in [2.45, 2.75) is 33.2 Å². The Kier molecular flexibility index (Phi) is 5.42. The summed E-state index contributed by atoms with van der Waals surface area (Å²) in [4.78, 5) is 24.6. The molecule has 1 aliphatic rings. The minimum atomic E-state index is -0.711. The van der Waals surface area contributed by atoms with Gasteiger partial charge in [0, 0.05) is 18.0 Å². The standard InChI is InChI=1S/C18H25NO4/c1-5-23-17(21)14-11-19-15(18(2,3)16(14)20)10-12-6-8-13(22-4)9-7-12/h6-9,14-15,19H,5,10-11H2,1-4H3/t14-,15-/m0/s1. The molecule has 0 unspecified atom stereocenters. The molecule has 5 heteroatoms. The minimum absolute atomic E-state index is 0.0194. The summed E-state index contributed by atoms with van der Waals surface area (Å²) in [6.07, 6.45) is 0.721. The maximum atomic E-state index is 12.7. The van der Waals surface area contributed by atoms with Crippen molar-refractivity contribution in [2.75, 3.05) is 20.3 Å². The topological polar surface area (TPSA) is 64.6 Å². The molecular formula is C18H25NO4. The van der Waals surface area contributed by atoms with Crippen LogP contribution in [0.1, 0.15) is 26.3 Å². The number of nitrogens with one attached hydrogen (secondary N) is 1. The van der Waals surface area contributed by atoms with Crippen LogP contribution in [0.5, 0.6) is 5.75 Å². The van der Waals surface area contributed by atoms with E-state index in [1.165, 1.54) is 0 Å². The average Bonchev–Trinajstić information content (AvgIpc) is 2.53. The van der Waals surface area contributed by atoms with E-state index < -0.39 is 17.3 Å². The van der Waals surface area contributed by atoms with Gasteiger partial charge in [0.05, 0.1) is 13.7 Å². The van der Waals surface area contributed by atoms with Crippen molar-refractivity contribution in [2.24, 2.45) is 11.3 Å². The smallest absolute Gasteiger partial charge is 0.317 e. The Bertz CT molecular complexity index is 565. The van der Waals surface area contributed by atoms with Gasteiger partial charge >= 0.3 is 5.97 Å². The minimum Gasteiger partial charge on any atom is -0.497 e. The second kappa shape index (κ2) is 7.13. The van der Waals surface area contributed by atoms with Crippen LogP contribution >= 0.6 is 0 Å². The van der Waals surface area contributed by atoms with Crippen LogP contribution in [0.4, 0.5) is 0 Å². The zero-order valence-electron chi connectivity index (χ0n) is 14.2. The molecule has 5 nitrogen and oxygen atoms in total. The first-order chi connectivity index (χ1) is 10.9. The summed E-state index contributed by atoms with van der Waals surface area (Å²) in [6.45, 7) is 6.15. The highest BCUT2D eigenvalue weighted by molar-refractivity contribution is 6.03. The number of methoxy groups -OCH3 is 1. The summed E-state index contributed by atoms with van der Waals surface area (Å²) in [5.74, 6) is -0.380. The summed E-state index contributed by atoms with van der Waals surface area (Å²) < 4.78 is 10.2. The fraction of sp³-hybridized carbons (Fsp3) is 0.556. The first kappa shape index (κ1) is 17.5. The van der Waals surface area contributed by atoms with Crippen molar-refractivity contribution in [3.8, 4) is 5.75 Å². The molecule has 2 atom stereocenters. The Hall–Kier alpha value is -1.88. The Labute approximate surface area is 137 Å². The molecular weight excluding hydrogens is 294 g/mol. The van der Waals surface area contributed by atoms with Crippen molar-refractivity contribution < 1.29 is 19.1 Å². The molecule has 126 valence electrons. The number of hydrogen-bond donors (Lipinski definition) is 1. The van der Waals surface area contributed by atoms with E-state index in [9.17, 15) is 9.59 Å². The summed E-state index contributed by atoms with van der Waals surface area (Å²) in [7, 11) is 1.63. The van der Waals surface area contributed by atoms with Crippen LogP contribution in [0.15, 0.2) is 24.3 Å². The van der Waals surface area contributed by atoms with E-state index in [-0.39, 0.29) is 18.4 Å². The van der Waals surface area contributed by atoms with E-state index in [0.29, 0.717) is 6.54 Å². The lowest BCUT2D eigenvalue weighted by atomic mass is 9.70. The fourth-order valence-corrected chi connectivity index (χ4v) is 2.99. The molecule has 2 rings (SSSR count). The molecule has 1 heterocycles. The van der Waals surface area contributed by atoms with Gasteiger partial charge in [-0.2, -0.15) is 0 Å². The van der Waals surface area contributed by atoms with Gasteiger partial charge in [0.1, 0.15) is 11.7 Å². The maximum absolute atomic E-state index is 12.7. The van der Waals surface area contributed by atoms with Crippen molar-refractivity contribution >= 4 is 11.8 Å². The number of benzene rings is 1. The largest absolute Gasteiger partial charge is 0.497 e. The van der Waals surface area contributed by atoms with Crippen LogP contribution < -0.4 is 10.1 Å². The molecule has 1 fully saturated rings. The molecule has 0 bridgehead atoms. The SMILES string of the molecule is CCOC(=O)[C@H]1CN[C@@H](Cc2ccc(OC)cc2)C(C)(C)C1=O. The van der Waals surface area contributed by atoms with Crippen LogP contribution in [0.25, 0.3) is 0 Å². The lowest BCUT2D eigenvalue weighted by Crippen LogP contribution is -2.59. The number of carbonyl (C=O) groups excluding carboxylic acids is 2. The second-order valence-corrected chi connectivity index (χ2v) is 6.40. The van der Waals surface area contributed by atoms with Gasteiger partial charge in [-0.3, -0.25) is 9.59 Å². The Morgan fingerprint density at radius 1 is 1.30 bits per heavy atom. The molecule has 1 N–H and O–H groups in total. The number of piperidine rings is 1. The Morgan fingerprint density at radius 3 is 2.52 bits per heavy atom. The lowest BCUT2D eigenvalue weighted by molar-refractivity contribution is -0.156. The van der Waals surface area contributed by atoms with Gasteiger partial charge in [0.15, 0.2) is 5.78 Å². The molecule has 1 aromatic rings. The van der Waals surface area contributed by atoms with Gasteiger partial charge in [0.2, 0.25) is 0 Å². The monoisotopic (exact) mass is 319 g/mol. The van der Waals surface area contributed by atoms with E-state index in [1.807, 2.05) is 38.1 Å². The molecule has 23 heavy (non-hydrogen) atoms. The molecule has 0 aromatic heterocycles. The number of Topliss-reactive ketones (excluding diaryl/α,β-unsaturated/α-hetero) is 1. The highest BCUT2D eigenvalue weighted by Crippen LogP contribution is 2.32. The van der Waals surface area contributed by atoms with E-state index in [0.717, 1.165) is 17.7 Å². The second-order valence-electron chi connectivity index (χ2n) is 6.40. The third-order valence-corrected chi connectivity index (χ3v) is 4.56. The van der Waals surface area contributed by atoms with E-state index in [1.54, 1.807) is 14.0 Å². The molecule has 1 saturated heterocycles. The predicted octanol–water partition coefficient (Wildman–Crippen LogP) is 1.98.